The lowest BCUT2D eigenvalue weighted by atomic mass is 10.0. The summed E-state index contributed by atoms with van der Waals surface area (Å²) < 4.78 is 6.07. The van der Waals surface area contributed by atoms with Crippen molar-refractivity contribution in [1.82, 2.24) is 5.32 Å². The molecule has 0 aliphatic carbocycles. The standard InChI is InChI=1S/C14H17BrN2O3/c15-11-4-2-1-3-9(11)7-12(13(16)18)17-14(19)10-5-6-20-8-10/h1-4,10,12H,5-8H2,(H2,16,18)(H,17,19)/t10-,12-/m1/s1. The zero-order valence-corrected chi connectivity index (χ0v) is 12.6. The molecule has 0 saturated carbocycles. The number of benzene rings is 1. The van der Waals surface area contributed by atoms with Crippen LogP contribution in [0.4, 0.5) is 0 Å². The molecule has 108 valence electrons. The Morgan fingerprint density at radius 3 is 2.80 bits per heavy atom. The number of nitrogens with two attached hydrogens (primary N) is 1. The first-order valence-corrected chi connectivity index (χ1v) is 7.28. The average Bonchev–Trinajstić information content (AvgIpc) is 2.94. The fourth-order valence-electron chi connectivity index (χ4n) is 2.14. The summed E-state index contributed by atoms with van der Waals surface area (Å²) in [5.74, 6) is -0.887. The van der Waals surface area contributed by atoms with Gasteiger partial charge in [-0.15, -0.1) is 0 Å². The highest BCUT2D eigenvalue weighted by Crippen LogP contribution is 2.18. The summed E-state index contributed by atoms with van der Waals surface area (Å²) in [7, 11) is 0. The molecular formula is C14H17BrN2O3. The summed E-state index contributed by atoms with van der Waals surface area (Å²) in [5.41, 5.74) is 6.31. The maximum absolute atomic E-state index is 12.0. The molecule has 0 aromatic heterocycles. The molecule has 3 N–H and O–H groups in total. The van der Waals surface area contributed by atoms with Crippen molar-refractivity contribution in [3.05, 3.63) is 34.3 Å². The van der Waals surface area contributed by atoms with E-state index in [1.54, 1.807) is 0 Å². The Morgan fingerprint density at radius 1 is 1.45 bits per heavy atom. The van der Waals surface area contributed by atoms with E-state index in [0.29, 0.717) is 26.1 Å². The minimum absolute atomic E-state index is 0.168. The largest absolute Gasteiger partial charge is 0.381 e. The van der Waals surface area contributed by atoms with Crippen molar-refractivity contribution in [3.63, 3.8) is 0 Å². The third-order valence-electron chi connectivity index (χ3n) is 3.34. The number of hydrogen-bond donors (Lipinski definition) is 2. The molecule has 0 spiro atoms. The van der Waals surface area contributed by atoms with Crippen LogP contribution in [0.3, 0.4) is 0 Å². The zero-order chi connectivity index (χ0) is 14.5. The summed E-state index contributed by atoms with van der Waals surface area (Å²) in [6.45, 7) is 0.996. The average molecular weight is 341 g/mol. The van der Waals surface area contributed by atoms with Crippen LogP contribution in [0.2, 0.25) is 0 Å². The fraction of sp³-hybridized carbons (Fsp3) is 0.429. The molecule has 2 amide bonds. The van der Waals surface area contributed by atoms with E-state index in [9.17, 15) is 9.59 Å². The molecule has 0 radical (unpaired) electrons. The monoisotopic (exact) mass is 340 g/mol. The normalized spacial score (nSPS) is 19.6. The van der Waals surface area contributed by atoms with Gasteiger partial charge >= 0.3 is 0 Å². The highest BCUT2D eigenvalue weighted by Gasteiger charge is 2.27. The van der Waals surface area contributed by atoms with Crippen LogP contribution in [0.1, 0.15) is 12.0 Å². The molecule has 1 saturated heterocycles. The van der Waals surface area contributed by atoms with Crippen molar-refractivity contribution >= 4 is 27.7 Å². The van der Waals surface area contributed by atoms with Gasteiger partial charge in [0.1, 0.15) is 6.04 Å². The number of halogens is 1. The van der Waals surface area contributed by atoms with Crippen LogP contribution in [-0.2, 0) is 20.7 Å². The highest BCUT2D eigenvalue weighted by atomic mass is 79.9. The molecule has 1 fully saturated rings. The first-order valence-electron chi connectivity index (χ1n) is 6.48. The van der Waals surface area contributed by atoms with E-state index in [1.807, 2.05) is 24.3 Å². The summed E-state index contributed by atoms with van der Waals surface area (Å²) in [6.07, 6.45) is 1.06. The lowest BCUT2D eigenvalue weighted by molar-refractivity contribution is -0.129. The molecular weight excluding hydrogens is 324 g/mol. The first kappa shape index (κ1) is 15.0. The predicted octanol–water partition coefficient (Wildman–Crippen LogP) is 0.998. The van der Waals surface area contributed by atoms with E-state index in [4.69, 9.17) is 10.5 Å². The predicted molar refractivity (Wildman–Crippen MR) is 77.9 cm³/mol. The van der Waals surface area contributed by atoms with Crippen LogP contribution in [0.15, 0.2) is 28.7 Å². The molecule has 1 aromatic rings. The molecule has 1 aliphatic heterocycles. The molecule has 6 heteroatoms. The van der Waals surface area contributed by atoms with Crippen LogP contribution in [0.25, 0.3) is 0 Å². The molecule has 1 heterocycles. The number of ether oxygens (including phenoxy) is 1. The number of nitrogens with one attached hydrogen (secondary N) is 1. The molecule has 20 heavy (non-hydrogen) atoms. The van der Waals surface area contributed by atoms with Crippen LogP contribution >= 0.6 is 15.9 Å². The van der Waals surface area contributed by atoms with Crippen molar-refractivity contribution < 1.29 is 14.3 Å². The second kappa shape index (κ2) is 6.85. The molecule has 1 aliphatic rings. The number of carbonyl (C=O) groups is 2. The van der Waals surface area contributed by atoms with Gasteiger partial charge in [-0.1, -0.05) is 34.1 Å². The summed E-state index contributed by atoms with van der Waals surface area (Å²) in [4.78, 5) is 23.6. The van der Waals surface area contributed by atoms with Crippen molar-refractivity contribution in [1.29, 1.82) is 0 Å². The Morgan fingerprint density at radius 2 is 2.20 bits per heavy atom. The maximum Gasteiger partial charge on any atom is 0.240 e. The quantitative estimate of drug-likeness (QED) is 0.838. The summed E-state index contributed by atoms with van der Waals surface area (Å²) >= 11 is 3.42. The molecule has 0 unspecified atom stereocenters. The number of rotatable bonds is 5. The van der Waals surface area contributed by atoms with Crippen molar-refractivity contribution in [2.45, 2.75) is 18.9 Å². The summed E-state index contributed by atoms with van der Waals surface area (Å²) in [6, 6.07) is 6.85. The molecule has 5 nitrogen and oxygen atoms in total. The van der Waals surface area contributed by atoms with Gasteiger partial charge in [0.05, 0.1) is 12.5 Å². The Hall–Kier alpha value is -1.40. The minimum atomic E-state index is -0.707. The lowest BCUT2D eigenvalue weighted by Crippen LogP contribution is -2.48. The van der Waals surface area contributed by atoms with Gasteiger partial charge < -0.3 is 15.8 Å². The van der Waals surface area contributed by atoms with Crippen LogP contribution in [0, 0.1) is 5.92 Å². The molecule has 2 rings (SSSR count). The highest BCUT2D eigenvalue weighted by molar-refractivity contribution is 9.10. The number of carbonyl (C=O) groups excluding carboxylic acids is 2. The second-order valence-electron chi connectivity index (χ2n) is 4.82. The lowest BCUT2D eigenvalue weighted by Gasteiger charge is -2.18. The van der Waals surface area contributed by atoms with Crippen molar-refractivity contribution in [3.8, 4) is 0 Å². The minimum Gasteiger partial charge on any atom is -0.381 e. The van der Waals surface area contributed by atoms with Crippen LogP contribution < -0.4 is 11.1 Å². The van der Waals surface area contributed by atoms with E-state index in [0.717, 1.165) is 10.0 Å². The van der Waals surface area contributed by atoms with E-state index in [-0.39, 0.29) is 11.8 Å². The molecule has 1 aromatic carbocycles. The van der Waals surface area contributed by atoms with Crippen LogP contribution in [0.5, 0.6) is 0 Å². The maximum atomic E-state index is 12.0. The van der Waals surface area contributed by atoms with Gasteiger partial charge in [0.15, 0.2) is 0 Å². The molecule has 2 atom stereocenters. The number of amides is 2. The third kappa shape index (κ3) is 3.80. The van der Waals surface area contributed by atoms with E-state index < -0.39 is 11.9 Å². The smallest absolute Gasteiger partial charge is 0.240 e. The van der Waals surface area contributed by atoms with Gasteiger partial charge in [0.2, 0.25) is 11.8 Å². The van der Waals surface area contributed by atoms with Crippen molar-refractivity contribution in [2.75, 3.05) is 13.2 Å². The zero-order valence-electron chi connectivity index (χ0n) is 11.0. The van der Waals surface area contributed by atoms with Crippen LogP contribution in [-0.4, -0.2) is 31.1 Å². The topological polar surface area (TPSA) is 81.4 Å². The van der Waals surface area contributed by atoms with Gasteiger partial charge in [-0.2, -0.15) is 0 Å². The Kier molecular flexibility index (Phi) is 5.14. The van der Waals surface area contributed by atoms with Gasteiger partial charge in [0, 0.05) is 17.5 Å². The van der Waals surface area contributed by atoms with Gasteiger partial charge in [-0.25, -0.2) is 0 Å². The fourth-order valence-corrected chi connectivity index (χ4v) is 2.58. The van der Waals surface area contributed by atoms with E-state index in [1.165, 1.54) is 0 Å². The Labute approximate surface area is 126 Å². The van der Waals surface area contributed by atoms with Crippen molar-refractivity contribution in [2.24, 2.45) is 11.7 Å². The van der Waals surface area contributed by atoms with Gasteiger partial charge in [0.25, 0.3) is 0 Å². The first-order chi connectivity index (χ1) is 9.58. The number of hydrogen-bond acceptors (Lipinski definition) is 3. The molecule has 0 bridgehead atoms. The second-order valence-corrected chi connectivity index (χ2v) is 5.67. The Balaban J connectivity index is 2.02. The van der Waals surface area contributed by atoms with Gasteiger partial charge in [-0.05, 0) is 18.1 Å². The number of primary amides is 1. The van der Waals surface area contributed by atoms with Gasteiger partial charge in [-0.3, -0.25) is 9.59 Å². The third-order valence-corrected chi connectivity index (χ3v) is 4.12. The van der Waals surface area contributed by atoms with E-state index in [2.05, 4.69) is 21.2 Å². The van der Waals surface area contributed by atoms with E-state index >= 15 is 0 Å². The SMILES string of the molecule is NC(=O)[C@@H](Cc1ccccc1Br)NC(=O)[C@@H]1CCOC1. The Bertz CT molecular complexity index is 501. The summed E-state index contributed by atoms with van der Waals surface area (Å²) in [5, 5.41) is 2.72.